The fourth-order valence-electron chi connectivity index (χ4n) is 2.08. The topological polar surface area (TPSA) is 38.5 Å². The van der Waals surface area contributed by atoms with Crippen LogP contribution in [0.2, 0.25) is 0 Å². The van der Waals surface area contributed by atoms with E-state index in [4.69, 9.17) is 10.5 Å². The number of fused-ring (bicyclic) bond motifs is 1. The Morgan fingerprint density at radius 1 is 1.38 bits per heavy atom. The van der Waals surface area contributed by atoms with Crippen molar-refractivity contribution in [2.75, 3.05) is 25.9 Å². The predicted octanol–water partition coefficient (Wildman–Crippen LogP) is 2.05. The molecule has 0 bridgehead atoms. The molecule has 88 valence electrons. The van der Waals surface area contributed by atoms with Crippen molar-refractivity contribution < 1.29 is 4.74 Å². The van der Waals surface area contributed by atoms with Crippen LogP contribution in [-0.2, 0) is 13.0 Å². The second-order valence-electron chi connectivity index (χ2n) is 4.49. The van der Waals surface area contributed by atoms with E-state index in [1.807, 2.05) is 0 Å². The Hall–Kier alpha value is -1.22. The number of nitrogens with zero attached hydrogens (tertiary/aromatic N) is 1. The number of hydrogen-bond acceptors (Lipinski definition) is 3. The van der Waals surface area contributed by atoms with Crippen molar-refractivity contribution in [3.63, 3.8) is 0 Å². The molecule has 0 saturated carbocycles. The van der Waals surface area contributed by atoms with Crippen molar-refractivity contribution in [1.29, 1.82) is 0 Å². The first-order chi connectivity index (χ1) is 7.70. The molecular weight excluding hydrogens is 200 g/mol. The molecule has 0 spiro atoms. The standard InChI is InChI=1S/C13H20N2O/c1-3-6-16-13-8-10-4-5-15(2)9-11(10)7-12(13)14/h7-8H,3-6,9,14H2,1-2H3. The molecule has 0 unspecified atom stereocenters. The van der Waals surface area contributed by atoms with E-state index in [0.717, 1.165) is 44.0 Å². The fourth-order valence-corrected chi connectivity index (χ4v) is 2.08. The molecule has 1 aliphatic rings. The number of ether oxygens (including phenoxy) is 1. The van der Waals surface area contributed by atoms with Gasteiger partial charge in [0, 0.05) is 13.1 Å². The first-order valence-electron chi connectivity index (χ1n) is 5.93. The quantitative estimate of drug-likeness (QED) is 0.792. The van der Waals surface area contributed by atoms with Crippen LogP contribution in [0.3, 0.4) is 0 Å². The van der Waals surface area contributed by atoms with Gasteiger partial charge in [-0.2, -0.15) is 0 Å². The van der Waals surface area contributed by atoms with E-state index in [-0.39, 0.29) is 0 Å². The summed E-state index contributed by atoms with van der Waals surface area (Å²) in [6.45, 7) is 4.95. The molecule has 3 heteroatoms. The van der Waals surface area contributed by atoms with Gasteiger partial charge < -0.3 is 15.4 Å². The van der Waals surface area contributed by atoms with Gasteiger partial charge in [-0.15, -0.1) is 0 Å². The number of likely N-dealkylation sites (N-methyl/N-ethyl adjacent to an activating group) is 1. The highest BCUT2D eigenvalue weighted by molar-refractivity contribution is 5.57. The van der Waals surface area contributed by atoms with Gasteiger partial charge in [0.1, 0.15) is 5.75 Å². The fraction of sp³-hybridized carbons (Fsp3) is 0.538. The minimum atomic E-state index is 0.739. The van der Waals surface area contributed by atoms with Gasteiger partial charge in [0.25, 0.3) is 0 Å². The number of nitrogen functional groups attached to an aromatic ring is 1. The summed E-state index contributed by atoms with van der Waals surface area (Å²) in [4.78, 5) is 2.31. The van der Waals surface area contributed by atoms with Crippen molar-refractivity contribution in [2.45, 2.75) is 26.3 Å². The molecule has 0 saturated heterocycles. The van der Waals surface area contributed by atoms with Crippen molar-refractivity contribution in [1.82, 2.24) is 4.90 Å². The zero-order valence-corrected chi connectivity index (χ0v) is 10.1. The van der Waals surface area contributed by atoms with Gasteiger partial charge >= 0.3 is 0 Å². The van der Waals surface area contributed by atoms with Crippen molar-refractivity contribution in [2.24, 2.45) is 0 Å². The molecule has 3 nitrogen and oxygen atoms in total. The highest BCUT2D eigenvalue weighted by Crippen LogP contribution is 2.29. The van der Waals surface area contributed by atoms with Crippen molar-refractivity contribution in [3.8, 4) is 5.75 Å². The largest absolute Gasteiger partial charge is 0.491 e. The third kappa shape index (κ3) is 2.30. The van der Waals surface area contributed by atoms with Gasteiger partial charge in [0.05, 0.1) is 12.3 Å². The van der Waals surface area contributed by atoms with Gasteiger partial charge in [-0.25, -0.2) is 0 Å². The van der Waals surface area contributed by atoms with E-state index in [1.165, 1.54) is 11.1 Å². The van der Waals surface area contributed by atoms with Gasteiger partial charge in [0.15, 0.2) is 0 Å². The lowest BCUT2D eigenvalue weighted by Gasteiger charge is -2.26. The highest BCUT2D eigenvalue weighted by Gasteiger charge is 2.15. The third-order valence-corrected chi connectivity index (χ3v) is 3.00. The summed E-state index contributed by atoms with van der Waals surface area (Å²) in [5.41, 5.74) is 9.48. The second kappa shape index (κ2) is 4.74. The molecular formula is C13H20N2O. The molecule has 0 fully saturated rings. The second-order valence-corrected chi connectivity index (χ2v) is 4.49. The zero-order chi connectivity index (χ0) is 11.5. The molecule has 0 aliphatic carbocycles. The molecule has 0 atom stereocenters. The maximum atomic E-state index is 5.99. The Morgan fingerprint density at radius 2 is 2.19 bits per heavy atom. The Morgan fingerprint density at radius 3 is 2.94 bits per heavy atom. The van der Waals surface area contributed by atoms with Crippen LogP contribution in [0.1, 0.15) is 24.5 Å². The maximum Gasteiger partial charge on any atom is 0.142 e. The van der Waals surface area contributed by atoms with Crippen LogP contribution in [0.25, 0.3) is 0 Å². The van der Waals surface area contributed by atoms with Gasteiger partial charge in [-0.3, -0.25) is 0 Å². The summed E-state index contributed by atoms with van der Waals surface area (Å²) < 4.78 is 5.64. The van der Waals surface area contributed by atoms with Gasteiger partial charge in [-0.1, -0.05) is 6.92 Å². The molecule has 1 aromatic carbocycles. The molecule has 0 amide bonds. The minimum absolute atomic E-state index is 0.739. The molecule has 2 rings (SSSR count). The van der Waals surface area contributed by atoms with Crippen LogP contribution in [-0.4, -0.2) is 25.1 Å². The molecule has 1 aromatic rings. The van der Waals surface area contributed by atoms with Crippen LogP contribution >= 0.6 is 0 Å². The van der Waals surface area contributed by atoms with E-state index in [1.54, 1.807) is 0 Å². The normalized spacial score (nSPS) is 15.9. The van der Waals surface area contributed by atoms with Crippen LogP contribution < -0.4 is 10.5 Å². The Bertz CT molecular complexity index is 376. The molecule has 1 aliphatic heterocycles. The molecule has 2 N–H and O–H groups in total. The molecule has 0 radical (unpaired) electrons. The maximum absolute atomic E-state index is 5.99. The zero-order valence-electron chi connectivity index (χ0n) is 10.1. The van der Waals surface area contributed by atoms with Crippen LogP contribution in [0.15, 0.2) is 12.1 Å². The summed E-state index contributed by atoms with van der Waals surface area (Å²) >= 11 is 0. The smallest absolute Gasteiger partial charge is 0.142 e. The molecule has 16 heavy (non-hydrogen) atoms. The average molecular weight is 220 g/mol. The summed E-state index contributed by atoms with van der Waals surface area (Å²) in [6.07, 6.45) is 2.11. The summed E-state index contributed by atoms with van der Waals surface area (Å²) in [5, 5.41) is 0. The van der Waals surface area contributed by atoms with Gasteiger partial charge in [-0.05, 0) is 43.1 Å². The number of rotatable bonds is 3. The predicted molar refractivity (Wildman–Crippen MR) is 66.7 cm³/mol. The first kappa shape index (κ1) is 11.3. The Labute approximate surface area is 97.2 Å². The first-order valence-corrected chi connectivity index (χ1v) is 5.93. The summed E-state index contributed by atoms with van der Waals surface area (Å²) in [6, 6.07) is 4.18. The Balaban J connectivity index is 2.23. The highest BCUT2D eigenvalue weighted by atomic mass is 16.5. The number of hydrogen-bond donors (Lipinski definition) is 1. The van der Waals surface area contributed by atoms with Gasteiger partial charge in [0.2, 0.25) is 0 Å². The lowest BCUT2D eigenvalue weighted by molar-refractivity contribution is 0.306. The molecule has 1 heterocycles. The van der Waals surface area contributed by atoms with E-state index in [9.17, 15) is 0 Å². The van der Waals surface area contributed by atoms with Crippen molar-refractivity contribution >= 4 is 5.69 Å². The van der Waals surface area contributed by atoms with E-state index < -0.39 is 0 Å². The summed E-state index contributed by atoms with van der Waals surface area (Å²) in [7, 11) is 2.14. The molecule has 0 aromatic heterocycles. The lowest BCUT2D eigenvalue weighted by atomic mass is 9.99. The van der Waals surface area contributed by atoms with Crippen molar-refractivity contribution in [3.05, 3.63) is 23.3 Å². The number of benzene rings is 1. The Kier molecular flexibility index (Phi) is 3.34. The lowest BCUT2D eigenvalue weighted by Crippen LogP contribution is -2.26. The monoisotopic (exact) mass is 220 g/mol. The average Bonchev–Trinajstić information content (AvgIpc) is 2.26. The SMILES string of the molecule is CCCOc1cc2c(cc1N)CN(C)CC2. The number of nitrogens with two attached hydrogens (primary N) is 1. The van der Waals surface area contributed by atoms with Crippen LogP contribution in [0.5, 0.6) is 5.75 Å². The summed E-state index contributed by atoms with van der Waals surface area (Å²) in [5.74, 6) is 0.852. The third-order valence-electron chi connectivity index (χ3n) is 3.00. The van der Waals surface area contributed by atoms with Crippen LogP contribution in [0.4, 0.5) is 5.69 Å². The number of anilines is 1. The minimum Gasteiger partial charge on any atom is -0.491 e. The van der Waals surface area contributed by atoms with E-state index in [2.05, 4.69) is 31.0 Å². The van der Waals surface area contributed by atoms with E-state index in [0.29, 0.717) is 0 Å². The van der Waals surface area contributed by atoms with Crippen LogP contribution in [0, 0.1) is 0 Å². The van der Waals surface area contributed by atoms with E-state index >= 15 is 0 Å².